The molecule has 1 aromatic carbocycles. The van der Waals surface area contributed by atoms with Gasteiger partial charge in [-0.2, -0.15) is 0 Å². The number of carbonyl (C=O) groups is 1. The van der Waals surface area contributed by atoms with Crippen molar-refractivity contribution in [3.8, 4) is 0 Å². The molecule has 29 heavy (non-hydrogen) atoms. The van der Waals surface area contributed by atoms with Crippen LogP contribution in [0.2, 0.25) is 0 Å². The van der Waals surface area contributed by atoms with Gasteiger partial charge in [-0.3, -0.25) is 19.5 Å². The molecule has 0 aliphatic rings. The van der Waals surface area contributed by atoms with Crippen LogP contribution in [0.25, 0.3) is 10.8 Å². The van der Waals surface area contributed by atoms with Crippen LogP contribution < -0.4 is 11.1 Å². The molecule has 0 radical (unpaired) electrons. The highest BCUT2D eigenvalue weighted by atomic mass is 32.2. The Morgan fingerprint density at radius 1 is 1.21 bits per heavy atom. The van der Waals surface area contributed by atoms with E-state index in [1.165, 1.54) is 16.4 Å². The lowest BCUT2D eigenvalue weighted by atomic mass is 10.2. The van der Waals surface area contributed by atoms with E-state index in [2.05, 4.69) is 15.3 Å². The molecule has 0 aliphatic heterocycles. The number of rotatable bonds is 10. The third-order valence-corrected chi connectivity index (χ3v) is 5.07. The van der Waals surface area contributed by atoms with Crippen LogP contribution in [0, 0.1) is 0 Å². The summed E-state index contributed by atoms with van der Waals surface area (Å²) in [7, 11) is 0. The zero-order valence-corrected chi connectivity index (χ0v) is 16.9. The van der Waals surface area contributed by atoms with Gasteiger partial charge in [0.2, 0.25) is 5.89 Å². The molecule has 10 heteroatoms. The molecule has 3 aromatic rings. The summed E-state index contributed by atoms with van der Waals surface area (Å²) in [6, 6.07) is 6.73. The molecular formula is C19H22N4O5S. The number of esters is 1. The fourth-order valence-electron chi connectivity index (χ4n) is 2.80. The highest BCUT2D eigenvalue weighted by Crippen LogP contribution is 2.18. The average molecular weight is 418 g/mol. The van der Waals surface area contributed by atoms with Crippen LogP contribution >= 0.6 is 11.8 Å². The van der Waals surface area contributed by atoms with Crippen LogP contribution in [0.5, 0.6) is 0 Å². The number of nitrogens with one attached hydrogen (secondary N) is 1. The number of thioether (sulfide) groups is 1. The van der Waals surface area contributed by atoms with Crippen molar-refractivity contribution >= 4 is 28.5 Å². The van der Waals surface area contributed by atoms with E-state index in [0.29, 0.717) is 66.5 Å². The molecule has 2 heterocycles. The van der Waals surface area contributed by atoms with Crippen molar-refractivity contribution in [2.24, 2.45) is 0 Å². The van der Waals surface area contributed by atoms with E-state index in [4.69, 9.17) is 9.15 Å². The second kappa shape index (κ2) is 10.1. The first-order valence-electron chi connectivity index (χ1n) is 9.41. The lowest BCUT2D eigenvalue weighted by Crippen LogP contribution is -2.30. The maximum atomic E-state index is 12.5. The van der Waals surface area contributed by atoms with Gasteiger partial charge in [-0.25, -0.2) is 4.68 Å². The molecule has 0 fully saturated rings. The first kappa shape index (κ1) is 20.8. The second-order valence-electron chi connectivity index (χ2n) is 6.27. The van der Waals surface area contributed by atoms with Crippen molar-refractivity contribution in [2.75, 3.05) is 12.4 Å². The number of fused-ring (bicyclic) bond motifs is 1. The minimum atomic E-state index is -0.292. The van der Waals surface area contributed by atoms with Crippen LogP contribution in [-0.4, -0.2) is 38.3 Å². The third-order valence-electron chi connectivity index (χ3n) is 4.16. The smallest absolute Gasteiger partial charge is 0.305 e. The first-order valence-corrected chi connectivity index (χ1v) is 10.4. The molecule has 0 spiro atoms. The molecule has 0 unspecified atom stereocenters. The van der Waals surface area contributed by atoms with Gasteiger partial charge in [0.15, 0.2) is 0 Å². The Morgan fingerprint density at radius 3 is 2.79 bits per heavy atom. The third kappa shape index (κ3) is 5.57. The minimum Gasteiger partial charge on any atom is -0.466 e. The Morgan fingerprint density at radius 2 is 2.00 bits per heavy atom. The summed E-state index contributed by atoms with van der Waals surface area (Å²) in [5.74, 6) is 0.934. The molecule has 1 N–H and O–H groups in total. The topological polar surface area (TPSA) is 120 Å². The van der Waals surface area contributed by atoms with E-state index in [9.17, 15) is 14.4 Å². The number of hydrogen-bond donors (Lipinski definition) is 1. The fourth-order valence-corrected chi connectivity index (χ4v) is 3.52. The van der Waals surface area contributed by atoms with Gasteiger partial charge < -0.3 is 9.15 Å². The lowest BCUT2D eigenvalue weighted by Gasteiger charge is -2.06. The van der Waals surface area contributed by atoms with Crippen molar-refractivity contribution in [3.63, 3.8) is 0 Å². The molecule has 154 valence electrons. The van der Waals surface area contributed by atoms with Crippen molar-refractivity contribution in [2.45, 2.75) is 44.4 Å². The van der Waals surface area contributed by atoms with Gasteiger partial charge in [-0.1, -0.05) is 23.9 Å². The van der Waals surface area contributed by atoms with Crippen molar-refractivity contribution in [1.29, 1.82) is 0 Å². The van der Waals surface area contributed by atoms with E-state index in [1.54, 1.807) is 31.2 Å². The van der Waals surface area contributed by atoms with Gasteiger partial charge in [-0.15, -0.1) is 10.2 Å². The number of ether oxygens (including phenoxy) is 1. The number of aromatic nitrogens is 4. The standard InChI is InChI=1S/C19H22N4O5S/c1-2-27-16(24)10-6-12-29-19-21-20-15(28-19)9-5-11-23-18(26)14-8-4-3-7-13(14)17(25)22-23/h3-4,7-8H,2,5-6,9-12H2,1H3,(H,22,25). The Balaban J connectivity index is 1.49. The summed E-state index contributed by atoms with van der Waals surface area (Å²) >= 11 is 1.39. The van der Waals surface area contributed by atoms with Gasteiger partial charge in [0.25, 0.3) is 16.3 Å². The summed E-state index contributed by atoms with van der Waals surface area (Å²) in [5, 5.41) is 11.8. The number of carbonyl (C=O) groups excluding carboxylic acids is 1. The van der Waals surface area contributed by atoms with Gasteiger partial charge in [0.05, 0.1) is 17.4 Å². The molecule has 0 atom stereocenters. The van der Waals surface area contributed by atoms with Crippen LogP contribution in [0.15, 0.2) is 43.5 Å². The van der Waals surface area contributed by atoms with Crippen molar-refractivity contribution in [3.05, 3.63) is 50.9 Å². The normalized spacial score (nSPS) is 11.1. The van der Waals surface area contributed by atoms with Gasteiger partial charge in [0, 0.05) is 25.1 Å². The first-order chi connectivity index (χ1) is 14.1. The zero-order valence-electron chi connectivity index (χ0n) is 16.1. The molecule has 2 aromatic heterocycles. The van der Waals surface area contributed by atoms with Gasteiger partial charge in [0.1, 0.15) is 0 Å². The molecule has 0 saturated heterocycles. The van der Waals surface area contributed by atoms with E-state index < -0.39 is 0 Å². The number of nitrogens with zero attached hydrogens (tertiary/aromatic N) is 3. The second-order valence-corrected chi connectivity index (χ2v) is 7.31. The maximum absolute atomic E-state index is 12.5. The Kier molecular flexibility index (Phi) is 7.23. The van der Waals surface area contributed by atoms with E-state index in [1.807, 2.05) is 0 Å². The van der Waals surface area contributed by atoms with Gasteiger partial charge in [-0.05, 0) is 31.9 Å². The Bertz CT molecular complexity index is 1090. The van der Waals surface area contributed by atoms with E-state index >= 15 is 0 Å². The van der Waals surface area contributed by atoms with Crippen LogP contribution in [0.3, 0.4) is 0 Å². The Hall–Kier alpha value is -2.88. The highest BCUT2D eigenvalue weighted by Gasteiger charge is 2.10. The molecule has 0 aliphatic carbocycles. The largest absolute Gasteiger partial charge is 0.466 e. The molecule has 9 nitrogen and oxygen atoms in total. The van der Waals surface area contributed by atoms with Crippen LogP contribution in [0.4, 0.5) is 0 Å². The quantitative estimate of drug-likeness (QED) is 0.302. The summed E-state index contributed by atoms with van der Waals surface area (Å²) in [6.45, 7) is 2.50. The number of benzene rings is 1. The SMILES string of the molecule is CCOC(=O)CCCSc1nnc(CCCn2[nH]c(=O)c3ccccc3c2=O)o1. The molecule has 0 bridgehead atoms. The number of aryl methyl sites for hydroxylation is 2. The van der Waals surface area contributed by atoms with E-state index in [0.717, 1.165) is 0 Å². The summed E-state index contributed by atoms with van der Waals surface area (Å²) in [5.41, 5.74) is -0.525. The molecule has 3 rings (SSSR count). The zero-order chi connectivity index (χ0) is 20.6. The maximum Gasteiger partial charge on any atom is 0.305 e. The molecular weight excluding hydrogens is 396 g/mol. The number of H-pyrrole nitrogens is 1. The predicted molar refractivity (Wildman–Crippen MR) is 108 cm³/mol. The highest BCUT2D eigenvalue weighted by molar-refractivity contribution is 7.99. The lowest BCUT2D eigenvalue weighted by molar-refractivity contribution is -0.143. The van der Waals surface area contributed by atoms with Crippen LogP contribution in [-0.2, 0) is 22.5 Å². The average Bonchev–Trinajstić information content (AvgIpc) is 3.17. The Labute approximate surface area is 170 Å². The number of hydrogen-bond acceptors (Lipinski definition) is 8. The summed E-state index contributed by atoms with van der Waals surface area (Å²) < 4.78 is 11.7. The van der Waals surface area contributed by atoms with Gasteiger partial charge >= 0.3 is 5.97 Å². The predicted octanol–water partition coefficient (Wildman–Crippen LogP) is 2.14. The minimum absolute atomic E-state index is 0.207. The summed E-state index contributed by atoms with van der Waals surface area (Å²) in [6.07, 6.45) is 2.07. The van der Waals surface area contributed by atoms with Crippen LogP contribution in [0.1, 0.15) is 32.1 Å². The molecule has 0 saturated carbocycles. The number of aromatic amines is 1. The summed E-state index contributed by atoms with van der Waals surface area (Å²) in [4.78, 5) is 35.9. The van der Waals surface area contributed by atoms with Crippen molar-refractivity contribution < 1.29 is 13.9 Å². The molecule has 0 amide bonds. The fraction of sp³-hybridized carbons (Fsp3) is 0.421. The monoisotopic (exact) mass is 418 g/mol. The van der Waals surface area contributed by atoms with E-state index in [-0.39, 0.29) is 17.1 Å². The van der Waals surface area contributed by atoms with Crippen molar-refractivity contribution in [1.82, 2.24) is 20.0 Å².